The maximum Gasteiger partial charge on any atom is 0.256 e. The summed E-state index contributed by atoms with van der Waals surface area (Å²) in [5, 5.41) is 5.62. The quantitative estimate of drug-likeness (QED) is 0.662. The van der Waals surface area contributed by atoms with Crippen molar-refractivity contribution in [2.24, 2.45) is 0 Å². The predicted octanol–water partition coefficient (Wildman–Crippen LogP) is 3.55. The number of hydrogen-bond donors (Lipinski definition) is 2. The lowest BCUT2D eigenvalue weighted by Gasteiger charge is -2.30. The number of carbonyl (C=O) groups excluding carboxylic acids is 3. The first-order valence-electron chi connectivity index (χ1n) is 11.1. The van der Waals surface area contributed by atoms with Crippen molar-refractivity contribution in [3.8, 4) is 0 Å². The molecule has 0 bridgehead atoms. The van der Waals surface area contributed by atoms with Gasteiger partial charge in [-0.05, 0) is 64.5 Å². The van der Waals surface area contributed by atoms with Gasteiger partial charge in [0.05, 0.1) is 0 Å². The molecule has 0 saturated carbocycles. The molecule has 1 saturated heterocycles. The zero-order valence-electron chi connectivity index (χ0n) is 18.4. The number of benzene rings is 1. The van der Waals surface area contributed by atoms with Crippen molar-refractivity contribution in [1.29, 1.82) is 0 Å². The van der Waals surface area contributed by atoms with Gasteiger partial charge in [0.25, 0.3) is 5.91 Å². The van der Waals surface area contributed by atoms with Crippen LogP contribution in [0.5, 0.6) is 0 Å². The topological polar surface area (TPSA) is 78.5 Å². The van der Waals surface area contributed by atoms with Crippen LogP contribution in [0.1, 0.15) is 74.2 Å². The number of rotatable bonds is 6. The van der Waals surface area contributed by atoms with Crippen LogP contribution in [0.15, 0.2) is 35.9 Å². The Labute approximate surface area is 188 Å². The Balaban J connectivity index is 1.38. The van der Waals surface area contributed by atoms with Gasteiger partial charge in [0.1, 0.15) is 17.5 Å². The molecule has 0 aromatic heterocycles. The highest BCUT2D eigenvalue weighted by atomic mass is 32.2. The number of fused-ring (bicyclic) bond motifs is 3. The van der Waals surface area contributed by atoms with E-state index in [4.69, 9.17) is 0 Å². The second-order valence-electron chi connectivity index (χ2n) is 9.16. The molecule has 1 fully saturated rings. The van der Waals surface area contributed by atoms with Gasteiger partial charge in [-0.2, -0.15) is 0 Å². The molecule has 3 amide bonds. The normalized spacial score (nSPS) is 24.8. The Bertz CT molecular complexity index is 926. The summed E-state index contributed by atoms with van der Waals surface area (Å²) in [6.07, 6.45) is 7.86. The number of carbonyl (C=O) groups is 3. The van der Waals surface area contributed by atoms with Crippen LogP contribution in [0.2, 0.25) is 0 Å². The van der Waals surface area contributed by atoms with Crippen molar-refractivity contribution in [2.75, 3.05) is 6.54 Å². The molecule has 166 valence electrons. The lowest BCUT2D eigenvalue weighted by molar-refractivity contribution is -0.131. The van der Waals surface area contributed by atoms with Gasteiger partial charge in [0, 0.05) is 16.9 Å². The Morgan fingerprint density at radius 3 is 2.77 bits per heavy atom. The van der Waals surface area contributed by atoms with E-state index in [9.17, 15) is 14.4 Å². The standard InChI is InChI=1S/C24H31N3O3S/c1-15(20(28)25-14-13-16-9-5-4-6-10-16)26-21(29)19-24(2,3)31-23-18-12-8-7-11-17(18)22(30)27(19)23/h7-9,11-12,15,19,23H,4-6,10,13-14H2,1-3H3,(H,25,28)(H,26,29)/t15-,19+,23?/m1/s1. The number of thioether (sulfide) groups is 1. The van der Waals surface area contributed by atoms with Crippen molar-refractivity contribution in [1.82, 2.24) is 15.5 Å². The van der Waals surface area contributed by atoms with Gasteiger partial charge >= 0.3 is 0 Å². The van der Waals surface area contributed by atoms with Gasteiger partial charge in [-0.3, -0.25) is 14.4 Å². The van der Waals surface area contributed by atoms with Gasteiger partial charge in [-0.15, -0.1) is 11.8 Å². The molecule has 3 atom stereocenters. The summed E-state index contributed by atoms with van der Waals surface area (Å²) in [5.41, 5.74) is 3.03. The molecule has 1 aromatic carbocycles. The van der Waals surface area contributed by atoms with Gasteiger partial charge in [-0.25, -0.2) is 0 Å². The molecule has 4 rings (SSSR count). The van der Waals surface area contributed by atoms with E-state index in [0.29, 0.717) is 12.1 Å². The Morgan fingerprint density at radius 1 is 1.26 bits per heavy atom. The molecular formula is C24H31N3O3S. The highest BCUT2D eigenvalue weighted by molar-refractivity contribution is 8.01. The van der Waals surface area contributed by atoms with Crippen molar-refractivity contribution in [3.63, 3.8) is 0 Å². The summed E-state index contributed by atoms with van der Waals surface area (Å²) < 4.78 is -0.457. The first kappa shape index (κ1) is 21.9. The first-order valence-corrected chi connectivity index (χ1v) is 12.0. The number of nitrogens with zero attached hydrogens (tertiary/aromatic N) is 1. The molecule has 7 heteroatoms. The minimum absolute atomic E-state index is 0.114. The van der Waals surface area contributed by atoms with Crippen LogP contribution in [0.4, 0.5) is 0 Å². The number of hydrogen-bond acceptors (Lipinski definition) is 4. The highest BCUT2D eigenvalue weighted by Crippen LogP contribution is 2.56. The van der Waals surface area contributed by atoms with Crippen LogP contribution in [-0.4, -0.2) is 46.0 Å². The van der Waals surface area contributed by atoms with Crippen molar-refractivity contribution in [2.45, 2.75) is 75.1 Å². The van der Waals surface area contributed by atoms with E-state index in [1.165, 1.54) is 18.4 Å². The number of amides is 3. The monoisotopic (exact) mass is 441 g/mol. The number of nitrogens with one attached hydrogen (secondary N) is 2. The zero-order valence-corrected chi connectivity index (χ0v) is 19.3. The summed E-state index contributed by atoms with van der Waals surface area (Å²) in [4.78, 5) is 40.5. The van der Waals surface area contributed by atoms with Crippen LogP contribution in [0.3, 0.4) is 0 Å². The molecule has 6 nitrogen and oxygen atoms in total. The van der Waals surface area contributed by atoms with Gasteiger partial charge in [-0.1, -0.05) is 29.8 Å². The average Bonchev–Trinajstić information content (AvgIpc) is 3.18. The zero-order chi connectivity index (χ0) is 22.2. The lowest BCUT2D eigenvalue weighted by Crippen LogP contribution is -2.56. The highest BCUT2D eigenvalue weighted by Gasteiger charge is 2.57. The molecule has 2 aliphatic heterocycles. The van der Waals surface area contributed by atoms with Crippen LogP contribution in [0.25, 0.3) is 0 Å². The van der Waals surface area contributed by atoms with E-state index in [1.54, 1.807) is 23.6 Å². The fourth-order valence-corrected chi connectivity index (χ4v) is 6.38. The molecule has 1 aromatic rings. The smallest absolute Gasteiger partial charge is 0.256 e. The van der Waals surface area contributed by atoms with Crippen LogP contribution < -0.4 is 10.6 Å². The van der Waals surface area contributed by atoms with E-state index in [2.05, 4.69) is 16.7 Å². The molecule has 1 unspecified atom stereocenters. The fraction of sp³-hybridized carbons (Fsp3) is 0.542. The largest absolute Gasteiger partial charge is 0.354 e. The third-order valence-electron chi connectivity index (χ3n) is 6.43. The molecule has 1 aliphatic carbocycles. The summed E-state index contributed by atoms with van der Waals surface area (Å²) in [5.74, 6) is -0.587. The first-order chi connectivity index (χ1) is 14.8. The second-order valence-corrected chi connectivity index (χ2v) is 10.9. The predicted molar refractivity (Wildman–Crippen MR) is 123 cm³/mol. The Hall–Kier alpha value is -2.28. The second kappa shape index (κ2) is 8.69. The molecule has 0 radical (unpaired) electrons. The van der Waals surface area contributed by atoms with Gasteiger partial charge in [0.15, 0.2) is 0 Å². The molecular weight excluding hydrogens is 410 g/mol. The molecule has 3 aliphatic rings. The van der Waals surface area contributed by atoms with Crippen LogP contribution >= 0.6 is 11.8 Å². The van der Waals surface area contributed by atoms with Crippen LogP contribution in [0, 0.1) is 0 Å². The summed E-state index contributed by atoms with van der Waals surface area (Å²) in [6.45, 7) is 6.25. The minimum atomic E-state index is -0.659. The fourth-order valence-electron chi connectivity index (χ4n) is 4.79. The SMILES string of the molecule is C[C@@H](NC(=O)[C@@H]1N2C(=O)c3ccccc3C2SC1(C)C)C(=O)NCCC1=CCCCC1. The summed E-state index contributed by atoms with van der Waals surface area (Å²) in [6, 6.07) is 6.25. The van der Waals surface area contributed by atoms with Crippen molar-refractivity contribution in [3.05, 3.63) is 47.0 Å². The molecule has 2 heterocycles. The third-order valence-corrected chi connectivity index (χ3v) is 7.96. The van der Waals surface area contributed by atoms with E-state index in [1.807, 2.05) is 38.1 Å². The van der Waals surface area contributed by atoms with E-state index in [0.717, 1.165) is 24.8 Å². The van der Waals surface area contributed by atoms with Crippen LogP contribution in [-0.2, 0) is 9.59 Å². The van der Waals surface area contributed by atoms with Gasteiger partial charge in [0.2, 0.25) is 11.8 Å². The summed E-state index contributed by atoms with van der Waals surface area (Å²) in [7, 11) is 0. The molecule has 0 spiro atoms. The van der Waals surface area contributed by atoms with Crippen molar-refractivity contribution >= 4 is 29.5 Å². The average molecular weight is 442 g/mol. The maximum absolute atomic E-state index is 13.2. The van der Waals surface area contributed by atoms with E-state index >= 15 is 0 Å². The summed E-state index contributed by atoms with van der Waals surface area (Å²) >= 11 is 1.62. The maximum atomic E-state index is 13.2. The lowest BCUT2D eigenvalue weighted by atomic mass is 9.97. The molecule has 31 heavy (non-hydrogen) atoms. The third kappa shape index (κ3) is 4.25. The minimum Gasteiger partial charge on any atom is -0.354 e. The Kier molecular flexibility index (Phi) is 6.15. The van der Waals surface area contributed by atoms with Crippen molar-refractivity contribution < 1.29 is 14.4 Å². The molecule has 2 N–H and O–H groups in total. The Morgan fingerprint density at radius 2 is 2.03 bits per heavy atom. The number of allylic oxidation sites excluding steroid dienone is 1. The van der Waals surface area contributed by atoms with Gasteiger partial charge < -0.3 is 15.5 Å². The van der Waals surface area contributed by atoms with E-state index < -0.39 is 16.8 Å². The van der Waals surface area contributed by atoms with E-state index in [-0.39, 0.29) is 23.1 Å².